The molecule has 0 radical (unpaired) electrons. The van der Waals surface area contributed by atoms with Crippen molar-refractivity contribution >= 4 is 34.8 Å². The van der Waals surface area contributed by atoms with Crippen molar-refractivity contribution < 1.29 is 23.9 Å². The number of thiazole rings is 1. The molecule has 1 atom stereocenters. The number of nitrogens with zero attached hydrogens (tertiary/aromatic N) is 3. The van der Waals surface area contributed by atoms with Gasteiger partial charge in [0.2, 0.25) is 0 Å². The maximum Gasteiger partial charge on any atom is 0.338 e. The molecule has 0 fully saturated rings. The van der Waals surface area contributed by atoms with Crippen molar-refractivity contribution in [3.05, 3.63) is 125 Å². The predicted molar refractivity (Wildman–Crippen MR) is 154 cm³/mol. The Hall–Kier alpha value is -5.03. The van der Waals surface area contributed by atoms with Crippen molar-refractivity contribution in [1.82, 2.24) is 4.57 Å². The number of esters is 1. The van der Waals surface area contributed by atoms with Crippen LogP contribution >= 0.6 is 11.3 Å². The van der Waals surface area contributed by atoms with E-state index in [9.17, 15) is 19.7 Å². The van der Waals surface area contributed by atoms with Crippen LogP contribution in [0.5, 0.6) is 11.5 Å². The summed E-state index contributed by atoms with van der Waals surface area (Å²) in [6, 6.07) is 20.2. The predicted octanol–water partition coefficient (Wildman–Crippen LogP) is 3.86. The molecule has 1 aliphatic rings. The summed E-state index contributed by atoms with van der Waals surface area (Å²) < 4.78 is 17.6. The number of fused-ring (bicyclic) bond motifs is 1. The Morgan fingerprint density at radius 1 is 1.05 bits per heavy atom. The number of carbonyl (C=O) groups excluding carboxylic acids is 1. The van der Waals surface area contributed by atoms with Crippen LogP contribution in [0, 0.1) is 10.1 Å². The Morgan fingerprint density at radius 2 is 1.68 bits per heavy atom. The largest absolute Gasteiger partial charge is 0.493 e. The Labute approximate surface area is 238 Å². The molecular weight excluding hydrogens is 546 g/mol. The highest BCUT2D eigenvalue weighted by molar-refractivity contribution is 7.07. The molecule has 0 saturated heterocycles. The third-order valence-electron chi connectivity index (χ3n) is 6.51. The lowest BCUT2D eigenvalue weighted by Crippen LogP contribution is -2.40. The third-order valence-corrected chi connectivity index (χ3v) is 7.49. The summed E-state index contributed by atoms with van der Waals surface area (Å²) in [5.41, 5.74) is 1.42. The van der Waals surface area contributed by atoms with Crippen LogP contribution in [0.2, 0.25) is 0 Å². The van der Waals surface area contributed by atoms with Gasteiger partial charge in [-0.25, -0.2) is 9.79 Å². The highest BCUT2D eigenvalue weighted by Gasteiger charge is 2.35. The van der Waals surface area contributed by atoms with Gasteiger partial charge < -0.3 is 14.2 Å². The van der Waals surface area contributed by atoms with E-state index in [1.54, 1.807) is 6.92 Å². The molecule has 208 valence electrons. The SMILES string of the molecule is CCOC(=O)C1=C(c2ccccc2)N=c2s/c(=C\c3cc(OC)c(OC)cc3[N+](=O)[O-])c(=O)n2[C@H]1c1ccccc1. The van der Waals surface area contributed by atoms with Crippen LogP contribution < -0.4 is 24.4 Å². The van der Waals surface area contributed by atoms with Crippen LogP contribution in [-0.2, 0) is 9.53 Å². The fourth-order valence-electron chi connectivity index (χ4n) is 4.69. The number of hydrogen-bond acceptors (Lipinski definition) is 9. The first-order valence-corrected chi connectivity index (χ1v) is 13.4. The van der Waals surface area contributed by atoms with Crippen molar-refractivity contribution in [3.8, 4) is 11.5 Å². The van der Waals surface area contributed by atoms with Crippen LogP contribution in [0.25, 0.3) is 11.8 Å². The van der Waals surface area contributed by atoms with E-state index in [-0.39, 0.29) is 39.5 Å². The minimum atomic E-state index is -0.843. The zero-order valence-corrected chi connectivity index (χ0v) is 23.2. The molecule has 3 aromatic carbocycles. The standard InChI is InChI=1S/C30H25N3O7S/c1-4-40-29(35)25-26(18-11-7-5-8-12-18)31-30-32(27(25)19-13-9-6-10-14-19)28(34)24(41-30)16-20-15-22(38-2)23(39-3)17-21(20)33(36)37/h5-17,27H,4H2,1-3H3/b24-16-/t27-/m0/s1. The van der Waals surface area contributed by atoms with Gasteiger partial charge >= 0.3 is 5.97 Å². The van der Waals surface area contributed by atoms with Crippen molar-refractivity contribution in [2.45, 2.75) is 13.0 Å². The van der Waals surface area contributed by atoms with E-state index < -0.39 is 22.5 Å². The van der Waals surface area contributed by atoms with Gasteiger partial charge in [-0.1, -0.05) is 72.0 Å². The third kappa shape index (κ3) is 5.14. The molecular formula is C30H25N3O7S. The molecule has 0 spiro atoms. The number of benzene rings is 3. The Kier molecular flexibility index (Phi) is 7.79. The maximum atomic E-state index is 14.0. The van der Waals surface area contributed by atoms with Crippen LogP contribution in [-0.4, -0.2) is 36.3 Å². The fraction of sp³-hybridized carbons (Fsp3) is 0.167. The molecule has 0 saturated carbocycles. The van der Waals surface area contributed by atoms with Crippen molar-refractivity contribution in [3.63, 3.8) is 0 Å². The summed E-state index contributed by atoms with van der Waals surface area (Å²) in [4.78, 5) is 44.0. The summed E-state index contributed by atoms with van der Waals surface area (Å²) >= 11 is 1.07. The first-order chi connectivity index (χ1) is 19.9. The minimum Gasteiger partial charge on any atom is -0.493 e. The molecule has 11 heteroatoms. The van der Waals surface area contributed by atoms with Gasteiger partial charge in [0.25, 0.3) is 11.2 Å². The zero-order valence-electron chi connectivity index (χ0n) is 22.4. The molecule has 10 nitrogen and oxygen atoms in total. The number of rotatable bonds is 8. The van der Waals surface area contributed by atoms with Crippen molar-refractivity contribution in [1.29, 1.82) is 0 Å². The summed E-state index contributed by atoms with van der Waals surface area (Å²) in [6.07, 6.45) is 1.43. The molecule has 0 amide bonds. The molecule has 5 rings (SSSR count). The second kappa shape index (κ2) is 11.6. The number of hydrogen-bond donors (Lipinski definition) is 0. The van der Waals surface area contributed by atoms with Gasteiger partial charge in [0, 0.05) is 5.56 Å². The molecule has 0 unspecified atom stereocenters. The lowest BCUT2D eigenvalue weighted by molar-refractivity contribution is -0.385. The Bertz CT molecular complexity index is 1840. The van der Waals surface area contributed by atoms with Gasteiger partial charge in [-0.15, -0.1) is 0 Å². The first kappa shape index (κ1) is 27.5. The smallest absolute Gasteiger partial charge is 0.338 e. The minimum absolute atomic E-state index is 0.138. The van der Waals surface area contributed by atoms with E-state index >= 15 is 0 Å². The molecule has 0 N–H and O–H groups in total. The van der Waals surface area contributed by atoms with Crippen LogP contribution in [0.15, 0.2) is 88.2 Å². The zero-order chi connectivity index (χ0) is 29.1. The van der Waals surface area contributed by atoms with Gasteiger partial charge in [-0.3, -0.25) is 19.5 Å². The van der Waals surface area contributed by atoms with Gasteiger partial charge in [0.15, 0.2) is 16.3 Å². The summed E-state index contributed by atoms with van der Waals surface area (Å²) in [5.74, 6) is -0.127. The van der Waals surface area contributed by atoms with Gasteiger partial charge in [-0.2, -0.15) is 0 Å². The van der Waals surface area contributed by atoms with Crippen molar-refractivity contribution in [2.75, 3.05) is 20.8 Å². The number of methoxy groups -OCH3 is 2. The Morgan fingerprint density at radius 3 is 2.29 bits per heavy atom. The van der Waals surface area contributed by atoms with E-state index in [1.165, 1.54) is 37.0 Å². The van der Waals surface area contributed by atoms with E-state index in [1.807, 2.05) is 60.7 Å². The van der Waals surface area contributed by atoms with Crippen molar-refractivity contribution in [2.24, 2.45) is 4.99 Å². The number of ether oxygens (including phenoxy) is 3. The van der Waals surface area contributed by atoms with E-state index in [0.29, 0.717) is 21.6 Å². The average molecular weight is 572 g/mol. The van der Waals surface area contributed by atoms with E-state index in [4.69, 9.17) is 19.2 Å². The number of nitro benzene ring substituents is 1. The molecule has 4 aromatic rings. The summed E-state index contributed by atoms with van der Waals surface area (Å²) in [5, 5.41) is 11.9. The fourth-order valence-corrected chi connectivity index (χ4v) is 5.68. The van der Waals surface area contributed by atoms with Gasteiger partial charge in [-0.05, 0) is 24.6 Å². The van der Waals surface area contributed by atoms with Crippen LogP contribution in [0.1, 0.15) is 29.7 Å². The number of carbonyl (C=O) groups is 1. The molecule has 1 aromatic heterocycles. The quantitative estimate of drug-likeness (QED) is 0.179. The number of nitro groups is 1. The van der Waals surface area contributed by atoms with E-state index in [0.717, 1.165) is 11.3 Å². The van der Waals surface area contributed by atoms with E-state index in [2.05, 4.69) is 0 Å². The second-order valence-corrected chi connectivity index (χ2v) is 9.87. The second-order valence-electron chi connectivity index (χ2n) is 8.87. The normalized spacial score (nSPS) is 14.7. The maximum absolute atomic E-state index is 14.0. The molecule has 41 heavy (non-hydrogen) atoms. The first-order valence-electron chi connectivity index (χ1n) is 12.6. The van der Waals surface area contributed by atoms with Crippen LogP contribution in [0.3, 0.4) is 0 Å². The summed E-state index contributed by atoms with van der Waals surface area (Å²) in [7, 11) is 2.80. The van der Waals surface area contributed by atoms with Crippen LogP contribution in [0.4, 0.5) is 5.69 Å². The molecule has 2 heterocycles. The highest BCUT2D eigenvalue weighted by Crippen LogP contribution is 2.36. The Balaban J connectivity index is 1.83. The monoisotopic (exact) mass is 571 g/mol. The molecule has 1 aliphatic heterocycles. The average Bonchev–Trinajstić information content (AvgIpc) is 3.30. The summed E-state index contributed by atoms with van der Waals surface area (Å²) in [6.45, 7) is 1.85. The van der Waals surface area contributed by atoms with Gasteiger partial charge in [0.05, 0.1) is 59.2 Å². The topological polar surface area (TPSA) is 122 Å². The highest BCUT2D eigenvalue weighted by atomic mass is 32.1. The lowest BCUT2D eigenvalue weighted by atomic mass is 9.93. The number of aromatic nitrogens is 1. The van der Waals surface area contributed by atoms with Gasteiger partial charge in [0.1, 0.15) is 0 Å². The lowest BCUT2D eigenvalue weighted by Gasteiger charge is -2.25. The molecule has 0 aliphatic carbocycles. The molecule has 0 bridgehead atoms.